The Hall–Kier alpha value is -2.27. The summed E-state index contributed by atoms with van der Waals surface area (Å²) in [5.74, 6) is -1.91. The maximum absolute atomic E-state index is 12.4. The summed E-state index contributed by atoms with van der Waals surface area (Å²) < 4.78 is 0. The number of carboxylic acids is 1. The standard InChI is InChI=1S/C14H11ClN2O3/c15-8-5-11(16-6-8)13(18)17-7-10(14(19)20)9-3-1-2-4-12(9)17/h1-6,10,16H,7H2,(H,19,20)/t10-/m0/s1. The van der Waals surface area contributed by atoms with Gasteiger partial charge in [-0.3, -0.25) is 9.59 Å². The van der Waals surface area contributed by atoms with E-state index in [1.54, 1.807) is 24.3 Å². The number of fused-ring (bicyclic) bond motifs is 1. The lowest BCUT2D eigenvalue weighted by Gasteiger charge is -2.16. The summed E-state index contributed by atoms with van der Waals surface area (Å²) in [7, 11) is 0. The number of H-pyrrole nitrogens is 1. The number of carboxylic acid groups (broad SMARTS) is 1. The van der Waals surface area contributed by atoms with E-state index >= 15 is 0 Å². The van der Waals surface area contributed by atoms with Crippen LogP contribution < -0.4 is 4.90 Å². The Bertz CT molecular complexity index is 695. The fourth-order valence-electron chi connectivity index (χ4n) is 2.45. The highest BCUT2D eigenvalue weighted by atomic mass is 35.5. The molecule has 20 heavy (non-hydrogen) atoms. The summed E-state index contributed by atoms with van der Waals surface area (Å²) in [5.41, 5.74) is 1.64. The van der Waals surface area contributed by atoms with Crippen LogP contribution in [0.15, 0.2) is 36.5 Å². The van der Waals surface area contributed by atoms with E-state index in [0.29, 0.717) is 22.0 Å². The van der Waals surface area contributed by atoms with Gasteiger partial charge in [-0.05, 0) is 17.7 Å². The molecule has 1 atom stereocenters. The van der Waals surface area contributed by atoms with Crippen molar-refractivity contribution in [2.45, 2.75) is 5.92 Å². The van der Waals surface area contributed by atoms with E-state index in [1.807, 2.05) is 0 Å². The fourth-order valence-corrected chi connectivity index (χ4v) is 2.61. The van der Waals surface area contributed by atoms with Gasteiger partial charge in [0, 0.05) is 18.4 Å². The average molecular weight is 291 g/mol. The SMILES string of the molecule is O=C(O)[C@H]1CN(C(=O)c2cc(Cl)c[nH]2)c2ccccc21. The summed E-state index contributed by atoms with van der Waals surface area (Å²) in [6, 6.07) is 8.57. The van der Waals surface area contributed by atoms with Crippen molar-refractivity contribution in [2.75, 3.05) is 11.4 Å². The Morgan fingerprint density at radius 2 is 2.10 bits per heavy atom. The van der Waals surface area contributed by atoms with Gasteiger partial charge in [0.15, 0.2) is 0 Å². The Labute approximate surface area is 119 Å². The first-order valence-corrected chi connectivity index (χ1v) is 6.43. The number of hydrogen-bond acceptors (Lipinski definition) is 2. The molecule has 0 bridgehead atoms. The predicted octanol–water partition coefficient (Wildman–Crippen LogP) is 2.50. The summed E-state index contributed by atoms with van der Waals surface area (Å²) in [6.45, 7) is 0.129. The number of aromatic amines is 1. The summed E-state index contributed by atoms with van der Waals surface area (Å²) in [5, 5.41) is 9.71. The minimum atomic E-state index is -0.933. The smallest absolute Gasteiger partial charge is 0.312 e. The molecule has 0 saturated carbocycles. The van der Waals surface area contributed by atoms with Crippen LogP contribution in [0.1, 0.15) is 22.0 Å². The van der Waals surface area contributed by atoms with Crippen molar-refractivity contribution < 1.29 is 14.7 Å². The van der Waals surface area contributed by atoms with E-state index in [2.05, 4.69) is 4.98 Å². The minimum Gasteiger partial charge on any atom is -0.481 e. The van der Waals surface area contributed by atoms with Crippen LogP contribution in [0, 0.1) is 0 Å². The number of amides is 1. The number of halogens is 1. The van der Waals surface area contributed by atoms with Crippen LogP contribution in [0.3, 0.4) is 0 Å². The molecule has 0 aliphatic carbocycles. The van der Waals surface area contributed by atoms with Gasteiger partial charge in [-0.2, -0.15) is 0 Å². The second-order valence-corrected chi connectivity index (χ2v) is 5.03. The topological polar surface area (TPSA) is 73.4 Å². The van der Waals surface area contributed by atoms with E-state index in [-0.39, 0.29) is 12.5 Å². The molecule has 2 aromatic rings. The molecule has 102 valence electrons. The highest BCUT2D eigenvalue weighted by Crippen LogP contribution is 2.37. The largest absolute Gasteiger partial charge is 0.481 e. The number of carbonyl (C=O) groups is 2. The normalized spacial score (nSPS) is 17.1. The van der Waals surface area contributed by atoms with Crippen molar-refractivity contribution in [1.82, 2.24) is 4.98 Å². The zero-order valence-electron chi connectivity index (χ0n) is 10.3. The van der Waals surface area contributed by atoms with Crippen LogP contribution in [-0.4, -0.2) is 28.5 Å². The Balaban J connectivity index is 2.00. The number of rotatable bonds is 2. The van der Waals surface area contributed by atoms with Crippen LogP contribution >= 0.6 is 11.6 Å². The number of aromatic nitrogens is 1. The first-order valence-electron chi connectivity index (χ1n) is 6.05. The highest BCUT2D eigenvalue weighted by molar-refractivity contribution is 6.31. The van der Waals surface area contributed by atoms with Gasteiger partial charge in [0.1, 0.15) is 11.6 Å². The zero-order valence-corrected chi connectivity index (χ0v) is 11.1. The molecule has 1 amide bonds. The molecule has 0 spiro atoms. The summed E-state index contributed by atoms with van der Waals surface area (Å²) in [4.78, 5) is 28.0. The van der Waals surface area contributed by atoms with Gasteiger partial charge < -0.3 is 15.0 Å². The predicted molar refractivity (Wildman–Crippen MR) is 74.3 cm³/mol. The van der Waals surface area contributed by atoms with Crippen molar-refractivity contribution in [3.63, 3.8) is 0 Å². The molecule has 1 aliphatic heterocycles. The number of aliphatic carboxylic acids is 1. The van der Waals surface area contributed by atoms with Crippen molar-refractivity contribution >= 4 is 29.2 Å². The summed E-state index contributed by atoms with van der Waals surface area (Å²) >= 11 is 5.79. The maximum Gasteiger partial charge on any atom is 0.312 e. The Morgan fingerprint density at radius 3 is 2.75 bits per heavy atom. The first kappa shape index (κ1) is 12.7. The number of nitrogens with one attached hydrogen (secondary N) is 1. The second-order valence-electron chi connectivity index (χ2n) is 4.60. The van der Waals surface area contributed by atoms with Gasteiger partial charge in [0.05, 0.1) is 5.02 Å². The fraction of sp³-hybridized carbons (Fsp3) is 0.143. The lowest BCUT2D eigenvalue weighted by atomic mass is 10.0. The van der Waals surface area contributed by atoms with E-state index in [9.17, 15) is 14.7 Å². The summed E-state index contributed by atoms with van der Waals surface area (Å²) in [6.07, 6.45) is 1.52. The molecule has 6 heteroatoms. The van der Waals surface area contributed by atoms with E-state index in [1.165, 1.54) is 17.2 Å². The van der Waals surface area contributed by atoms with Gasteiger partial charge >= 0.3 is 5.97 Å². The third-order valence-electron chi connectivity index (χ3n) is 3.39. The van der Waals surface area contributed by atoms with Crippen LogP contribution in [0.4, 0.5) is 5.69 Å². The van der Waals surface area contributed by atoms with Gasteiger partial charge in [0.2, 0.25) is 0 Å². The monoisotopic (exact) mass is 290 g/mol. The maximum atomic E-state index is 12.4. The van der Waals surface area contributed by atoms with Crippen molar-refractivity contribution in [3.8, 4) is 0 Å². The van der Waals surface area contributed by atoms with Crippen LogP contribution in [0.5, 0.6) is 0 Å². The number of carbonyl (C=O) groups excluding carboxylic acids is 1. The van der Waals surface area contributed by atoms with Gasteiger partial charge in [-0.15, -0.1) is 0 Å². The highest BCUT2D eigenvalue weighted by Gasteiger charge is 2.36. The van der Waals surface area contributed by atoms with E-state index in [0.717, 1.165) is 0 Å². The van der Waals surface area contributed by atoms with Crippen molar-refractivity contribution in [1.29, 1.82) is 0 Å². The quantitative estimate of drug-likeness (QED) is 0.892. The lowest BCUT2D eigenvalue weighted by molar-refractivity contribution is -0.138. The lowest BCUT2D eigenvalue weighted by Crippen LogP contribution is -2.31. The molecule has 1 aromatic carbocycles. The second kappa shape index (κ2) is 4.68. The van der Waals surface area contributed by atoms with E-state index in [4.69, 9.17) is 11.6 Å². The molecule has 0 fully saturated rings. The number of nitrogens with zero attached hydrogens (tertiary/aromatic N) is 1. The zero-order chi connectivity index (χ0) is 14.3. The molecule has 5 nitrogen and oxygen atoms in total. The Morgan fingerprint density at radius 1 is 1.35 bits per heavy atom. The van der Waals surface area contributed by atoms with Crippen LogP contribution in [-0.2, 0) is 4.79 Å². The molecular formula is C14H11ClN2O3. The molecule has 0 radical (unpaired) electrons. The molecule has 3 rings (SSSR count). The van der Waals surface area contributed by atoms with Crippen molar-refractivity contribution in [3.05, 3.63) is 52.8 Å². The third-order valence-corrected chi connectivity index (χ3v) is 3.61. The molecule has 1 aromatic heterocycles. The first-order chi connectivity index (χ1) is 9.58. The van der Waals surface area contributed by atoms with Crippen molar-refractivity contribution in [2.24, 2.45) is 0 Å². The average Bonchev–Trinajstić information content (AvgIpc) is 3.02. The van der Waals surface area contributed by atoms with Gasteiger partial charge in [-0.25, -0.2) is 0 Å². The third kappa shape index (κ3) is 1.96. The van der Waals surface area contributed by atoms with Gasteiger partial charge in [0.25, 0.3) is 5.91 Å². The molecule has 0 unspecified atom stereocenters. The number of benzene rings is 1. The molecule has 2 N–H and O–H groups in total. The Kier molecular flexibility index (Phi) is 2.99. The van der Waals surface area contributed by atoms with E-state index < -0.39 is 11.9 Å². The number of anilines is 1. The molecular weight excluding hydrogens is 280 g/mol. The molecule has 2 heterocycles. The van der Waals surface area contributed by atoms with Crippen LogP contribution in [0.2, 0.25) is 5.02 Å². The van der Waals surface area contributed by atoms with Gasteiger partial charge in [-0.1, -0.05) is 29.8 Å². The molecule has 1 aliphatic rings. The van der Waals surface area contributed by atoms with Crippen LogP contribution in [0.25, 0.3) is 0 Å². The molecule has 0 saturated heterocycles. The number of hydrogen-bond donors (Lipinski definition) is 2. The minimum absolute atomic E-state index is 0.129. The number of para-hydroxylation sites is 1.